The third-order valence-corrected chi connectivity index (χ3v) is 6.47. The molecule has 0 fully saturated rings. The van der Waals surface area contributed by atoms with Crippen LogP contribution in [0.2, 0.25) is 0 Å². The summed E-state index contributed by atoms with van der Waals surface area (Å²) in [6.45, 7) is 6.52. The molecule has 0 atom stereocenters. The maximum absolute atomic E-state index is 11.9. The van der Waals surface area contributed by atoms with E-state index in [1.807, 2.05) is 18.2 Å². The third-order valence-electron chi connectivity index (χ3n) is 4.27. The van der Waals surface area contributed by atoms with Gasteiger partial charge in [0.15, 0.2) is 0 Å². The van der Waals surface area contributed by atoms with Crippen LogP contribution in [0.25, 0.3) is 11.1 Å². The molecule has 4 nitrogen and oxygen atoms in total. The molecule has 0 amide bonds. The number of anilines is 1. The van der Waals surface area contributed by atoms with Crippen LogP contribution < -0.4 is 10.0 Å². The van der Waals surface area contributed by atoms with Crippen LogP contribution in [0.15, 0.2) is 54.6 Å². The van der Waals surface area contributed by atoms with Gasteiger partial charge in [-0.05, 0) is 56.9 Å². The van der Waals surface area contributed by atoms with Crippen molar-refractivity contribution in [3.05, 3.63) is 54.6 Å². The first-order valence-electron chi connectivity index (χ1n) is 9.18. The van der Waals surface area contributed by atoms with Gasteiger partial charge in [0, 0.05) is 18.8 Å². The number of hydrogen-bond acceptors (Lipinski definition) is 3. The number of nitrogens with one attached hydrogen (secondary N) is 2. The highest BCUT2D eigenvalue weighted by Gasteiger charge is 2.27. The fourth-order valence-electron chi connectivity index (χ4n) is 2.49. The molecule has 2 aromatic carbocycles. The van der Waals surface area contributed by atoms with Gasteiger partial charge in [-0.1, -0.05) is 48.9 Å². The Morgan fingerprint density at radius 1 is 0.769 bits per heavy atom. The summed E-state index contributed by atoms with van der Waals surface area (Å²) in [6, 6.07) is 18.8. The van der Waals surface area contributed by atoms with E-state index in [-0.39, 0.29) is 0 Å². The van der Waals surface area contributed by atoms with Gasteiger partial charge in [-0.15, -0.1) is 0 Å². The van der Waals surface area contributed by atoms with Gasteiger partial charge in [-0.25, -0.2) is 13.1 Å². The van der Waals surface area contributed by atoms with Crippen molar-refractivity contribution in [2.75, 3.05) is 18.4 Å². The monoisotopic (exact) mass is 374 g/mol. The molecule has 142 valence electrons. The molecule has 0 unspecified atom stereocenters. The lowest BCUT2D eigenvalue weighted by molar-refractivity contribution is 0.540. The average Bonchev–Trinajstić information content (AvgIpc) is 2.61. The molecule has 0 aliphatic rings. The molecule has 0 spiro atoms. The van der Waals surface area contributed by atoms with Crippen molar-refractivity contribution in [3.63, 3.8) is 0 Å². The summed E-state index contributed by atoms with van der Waals surface area (Å²) in [5, 5.41) is 3.42. The zero-order valence-electron chi connectivity index (χ0n) is 16.0. The second-order valence-corrected chi connectivity index (χ2v) is 9.96. The number of unbranched alkanes of at least 4 members (excludes halogenated alkanes) is 2. The third kappa shape index (κ3) is 6.15. The van der Waals surface area contributed by atoms with Crippen molar-refractivity contribution in [3.8, 4) is 11.1 Å². The first kappa shape index (κ1) is 20.5. The molecule has 0 saturated carbocycles. The van der Waals surface area contributed by atoms with Gasteiger partial charge in [0.1, 0.15) is 0 Å². The minimum atomic E-state index is -3.23. The highest BCUT2D eigenvalue weighted by molar-refractivity contribution is 7.90. The SMILES string of the molecule is CC(C)(C)S(=O)(=O)NCCCCCNc1ccc(-c2ccccc2)cc1. The fraction of sp³-hybridized carbons (Fsp3) is 0.429. The van der Waals surface area contributed by atoms with Crippen LogP contribution in [-0.2, 0) is 10.0 Å². The molecule has 2 N–H and O–H groups in total. The van der Waals surface area contributed by atoms with Crippen molar-refractivity contribution >= 4 is 15.7 Å². The van der Waals surface area contributed by atoms with E-state index < -0.39 is 14.8 Å². The first-order valence-corrected chi connectivity index (χ1v) is 10.7. The summed E-state index contributed by atoms with van der Waals surface area (Å²) in [5.41, 5.74) is 3.54. The van der Waals surface area contributed by atoms with Crippen LogP contribution in [-0.4, -0.2) is 26.3 Å². The summed E-state index contributed by atoms with van der Waals surface area (Å²) in [4.78, 5) is 0. The van der Waals surface area contributed by atoms with Gasteiger partial charge in [0.2, 0.25) is 10.0 Å². The van der Waals surface area contributed by atoms with Gasteiger partial charge in [0.05, 0.1) is 4.75 Å². The van der Waals surface area contributed by atoms with E-state index in [9.17, 15) is 8.42 Å². The molecule has 0 aromatic heterocycles. The van der Waals surface area contributed by atoms with E-state index in [0.717, 1.165) is 31.5 Å². The van der Waals surface area contributed by atoms with E-state index in [2.05, 4.69) is 46.4 Å². The fourth-order valence-corrected chi connectivity index (χ4v) is 3.34. The molecule has 0 aliphatic heterocycles. The topological polar surface area (TPSA) is 58.2 Å². The van der Waals surface area contributed by atoms with Crippen molar-refractivity contribution in [2.45, 2.75) is 44.8 Å². The number of hydrogen-bond donors (Lipinski definition) is 2. The van der Waals surface area contributed by atoms with Crippen LogP contribution >= 0.6 is 0 Å². The Kier molecular flexibility index (Phi) is 7.23. The molecule has 26 heavy (non-hydrogen) atoms. The highest BCUT2D eigenvalue weighted by Crippen LogP contribution is 2.21. The molecule has 0 saturated heterocycles. The van der Waals surface area contributed by atoms with Crippen LogP contribution in [0, 0.1) is 0 Å². The Bertz CT molecular complexity index is 764. The Hall–Kier alpha value is -1.85. The lowest BCUT2D eigenvalue weighted by atomic mass is 10.1. The molecular weight excluding hydrogens is 344 g/mol. The van der Waals surface area contributed by atoms with Gasteiger partial charge in [-0.2, -0.15) is 0 Å². The van der Waals surface area contributed by atoms with Crippen LogP contribution in [0.4, 0.5) is 5.69 Å². The highest BCUT2D eigenvalue weighted by atomic mass is 32.2. The molecular formula is C21H30N2O2S. The minimum absolute atomic E-state index is 0.505. The lowest BCUT2D eigenvalue weighted by Gasteiger charge is -2.19. The lowest BCUT2D eigenvalue weighted by Crippen LogP contribution is -2.39. The number of sulfonamides is 1. The molecule has 0 aliphatic carbocycles. The van der Waals surface area contributed by atoms with E-state index in [1.165, 1.54) is 11.1 Å². The Labute approximate surface area is 158 Å². The van der Waals surface area contributed by atoms with Crippen LogP contribution in [0.1, 0.15) is 40.0 Å². The maximum atomic E-state index is 11.9. The second-order valence-electron chi connectivity index (χ2n) is 7.44. The van der Waals surface area contributed by atoms with Gasteiger partial charge >= 0.3 is 0 Å². The zero-order valence-corrected chi connectivity index (χ0v) is 16.8. The van der Waals surface area contributed by atoms with E-state index in [0.29, 0.717) is 6.54 Å². The summed E-state index contributed by atoms with van der Waals surface area (Å²) in [6.07, 6.45) is 2.85. The van der Waals surface area contributed by atoms with E-state index >= 15 is 0 Å². The summed E-state index contributed by atoms with van der Waals surface area (Å²) >= 11 is 0. The predicted molar refractivity (Wildman–Crippen MR) is 111 cm³/mol. The second kappa shape index (κ2) is 9.19. The standard InChI is InChI=1S/C21H30N2O2S/c1-21(2,3)26(24,25)23-17-9-5-8-16-22-20-14-12-19(13-15-20)18-10-6-4-7-11-18/h4,6-7,10-15,22-23H,5,8-9,16-17H2,1-3H3. The van der Waals surface area contributed by atoms with E-state index in [4.69, 9.17) is 0 Å². The number of benzene rings is 2. The normalized spacial score (nSPS) is 12.1. The van der Waals surface area contributed by atoms with Crippen LogP contribution in [0.3, 0.4) is 0 Å². The molecule has 2 aromatic rings. The molecule has 2 rings (SSSR count). The quantitative estimate of drug-likeness (QED) is 0.628. The Balaban J connectivity index is 1.65. The van der Waals surface area contributed by atoms with Gasteiger partial charge in [0.25, 0.3) is 0 Å². The summed E-state index contributed by atoms with van der Waals surface area (Å²) < 4.78 is 25.8. The molecule has 0 heterocycles. The maximum Gasteiger partial charge on any atom is 0.216 e. The summed E-state index contributed by atoms with van der Waals surface area (Å²) in [5.74, 6) is 0. The van der Waals surface area contributed by atoms with Crippen molar-refractivity contribution < 1.29 is 8.42 Å². The molecule has 0 bridgehead atoms. The predicted octanol–water partition coefficient (Wildman–Crippen LogP) is 4.65. The Morgan fingerprint density at radius 3 is 1.96 bits per heavy atom. The van der Waals surface area contributed by atoms with Crippen LogP contribution in [0.5, 0.6) is 0 Å². The Morgan fingerprint density at radius 2 is 1.35 bits per heavy atom. The molecule has 0 radical (unpaired) electrons. The van der Waals surface area contributed by atoms with Crippen molar-refractivity contribution in [2.24, 2.45) is 0 Å². The van der Waals surface area contributed by atoms with Crippen molar-refractivity contribution in [1.29, 1.82) is 0 Å². The zero-order chi connectivity index (χ0) is 19.0. The molecule has 5 heteroatoms. The smallest absolute Gasteiger partial charge is 0.216 e. The number of rotatable bonds is 9. The largest absolute Gasteiger partial charge is 0.385 e. The van der Waals surface area contributed by atoms with Gasteiger partial charge in [-0.3, -0.25) is 0 Å². The summed E-state index contributed by atoms with van der Waals surface area (Å²) in [7, 11) is -3.23. The first-order chi connectivity index (χ1) is 12.3. The van der Waals surface area contributed by atoms with Crippen molar-refractivity contribution in [1.82, 2.24) is 4.72 Å². The van der Waals surface area contributed by atoms with E-state index in [1.54, 1.807) is 20.8 Å². The average molecular weight is 375 g/mol. The van der Waals surface area contributed by atoms with Gasteiger partial charge < -0.3 is 5.32 Å². The minimum Gasteiger partial charge on any atom is -0.385 e.